The molecule has 2 rings (SSSR count). The first kappa shape index (κ1) is 11.9. The summed E-state index contributed by atoms with van der Waals surface area (Å²) in [7, 11) is 0. The van der Waals surface area contributed by atoms with Crippen LogP contribution in [-0.2, 0) is 6.54 Å². The number of aliphatic hydroxyl groups is 1. The summed E-state index contributed by atoms with van der Waals surface area (Å²) in [4.78, 5) is 0. The minimum Gasteiger partial charge on any atom is -0.468 e. The first-order valence-corrected chi connectivity index (χ1v) is 5.76. The monoisotopic (exact) mass is 231 g/mol. The second kappa shape index (κ2) is 5.66. The van der Waals surface area contributed by atoms with E-state index >= 15 is 0 Å². The third kappa shape index (κ3) is 3.19. The van der Waals surface area contributed by atoms with Crippen LogP contribution in [0, 0.1) is 0 Å². The highest BCUT2D eigenvalue weighted by Crippen LogP contribution is 2.16. The van der Waals surface area contributed by atoms with Crippen LogP contribution >= 0.6 is 0 Å². The Morgan fingerprint density at radius 2 is 1.94 bits per heavy atom. The maximum absolute atomic E-state index is 10.1. The molecular formula is C14H17NO2. The number of furan rings is 1. The second-order valence-electron chi connectivity index (χ2n) is 4.10. The van der Waals surface area contributed by atoms with Gasteiger partial charge in [0.15, 0.2) is 0 Å². The van der Waals surface area contributed by atoms with Crippen LogP contribution in [0.15, 0.2) is 53.1 Å². The van der Waals surface area contributed by atoms with E-state index in [1.165, 1.54) is 0 Å². The number of rotatable bonds is 5. The molecule has 0 amide bonds. The molecule has 0 radical (unpaired) electrons. The maximum Gasteiger partial charge on any atom is 0.117 e. The van der Waals surface area contributed by atoms with Crippen LogP contribution in [0.5, 0.6) is 0 Å². The van der Waals surface area contributed by atoms with Crippen molar-refractivity contribution in [3.63, 3.8) is 0 Å². The predicted molar refractivity (Wildman–Crippen MR) is 66.4 cm³/mol. The average molecular weight is 231 g/mol. The number of aliphatic hydroxyl groups excluding tert-OH is 1. The minimum absolute atomic E-state index is 0.0255. The van der Waals surface area contributed by atoms with E-state index in [9.17, 15) is 5.11 Å². The van der Waals surface area contributed by atoms with Gasteiger partial charge in [-0.25, -0.2) is 0 Å². The molecule has 1 heterocycles. The van der Waals surface area contributed by atoms with E-state index < -0.39 is 6.10 Å². The van der Waals surface area contributed by atoms with Crippen molar-refractivity contribution < 1.29 is 9.52 Å². The largest absolute Gasteiger partial charge is 0.468 e. The quantitative estimate of drug-likeness (QED) is 0.831. The van der Waals surface area contributed by atoms with Gasteiger partial charge < -0.3 is 14.8 Å². The zero-order valence-corrected chi connectivity index (χ0v) is 9.84. The van der Waals surface area contributed by atoms with Gasteiger partial charge in [-0.2, -0.15) is 0 Å². The van der Waals surface area contributed by atoms with Crippen LogP contribution in [0.1, 0.15) is 24.4 Å². The number of hydrogen-bond acceptors (Lipinski definition) is 3. The van der Waals surface area contributed by atoms with Crippen LogP contribution in [0.4, 0.5) is 0 Å². The maximum atomic E-state index is 10.1. The van der Waals surface area contributed by atoms with Crippen LogP contribution < -0.4 is 5.32 Å². The molecule has 0 aliphatic heterocycles. The first-order valence-electron chi connectivity index (χ1n) is 5.76. The molecular weight excluding hydrogens is 214 g/mol. The standard InChI is InChI=1S/C14H17NO2/c1-11(15-10-13-8-5-9-17-13)14(16)12-6-3-2-4-7-12/h2-9,11,14-16H,10H2,1H3/t11-,14-/m0/s1. The Hall–Kier alpha value is -1.58. The second-order valence-corrected chi connectivity index (χ2v) is 4.10. The fraction of sp³-hybridized carbons (Fsp3) is 0.286. The zero-order chi connectivity index (χ0) is 12.1. The van der Waals surface area contributed by atoms with Crippen molar-refractivity contribution >= 4 is 0 Å². The van der Waals surface area contributed by atoms with Crippen molar-refractivity contribution in [3.8, 4) is 0 Å². The Morgan fingerprint density at radius 1 is 1.18 bits per heavy atom. The number of benzene rings is 1. The Kier molecular flexibility index (Phi) is 3.96. The summed E-state index contributed by atoms with van der Waals surface area (Å²) >= 11 is 0. The third-order valence-corrected chi connectivity index (χ3v) is 2.79. The van der Waals surface area contributed by atoms with Gasteiger partial charge in [-0.3, -0.25) is 0 Å². The lowest BCUT2D eigenvalue weighted by atomic mass is 10.0. The lowest BCUT2D eigenvalue weighted by molar-refractivity contribution is 0.134. The van der Waals surface area contributed by atoms with Crippen molar-refractivity contribution in [2.75, 3.05) is 0 Å². The van der Waals surface area contributed by atoms with Crippen LogP contribution in [0.3, 0.4) is 0 Å². The van der Waals surface area contributed by atoms with Gasteiger partial charge in [0.1, 0.15) is 5.76 Å². The highest BCUT2D eigenvalue weighted by Gasteiger charge is 2.15. The molecule has 0 aliphatic carbocycles. The topological polar surface area (TPSA) is 45.4 Å². The van der Waals surface area contributed by atoms with Gasteiger partial charge in [0.05, 0.1) is 18.9 Å². The van der Waals surface area contributed by atoms with Gasteiger partial charge in [-0.05, 0) is 24.6 Å². The van der Waals surface area contributed by atoms with Crippen molar-refractivity contribution in [2.24, 2.45) is 0 Å². The van der Waals surface area contributed by atoms with E-state index in [1.807, 2.05) is 49.4 Å². The summed E-state index contributed by atoms with van der Waals surface area (Å²) in [5, 5.41) is 13.4. The van der Waals surface area contributed by atoms with E-state index in [0.29, 0.717) is 6.54 Å². The predicted octanol–water partition coefficient (Wildman–Crippen LogP) is 2.49. The number of nitrogens with one attached hydrogen (secondary N) is 1. The molecule has 17 heavy (non-hydrogen) atoms. The molecule has 2 aromatic rings. The summed E-state index contributed by atoms with van der Waals surface area (Å²) in [5.41, 5.74) is 0.923. The molecule has 3 nitrogen and oxygen atoms in total. The van der Waals surface area contributed by atoms with Crippen molar-refractivity contribution in [1.29, 1.82) is 0 Å². The van der Waals surface area contributed by atoms with Gasteiger partial charge in [0.2, 0.25) is 0 Å². The SMILES string of the molecule is C[C@H](NCc1ccco1)[C@H](O)c1ccccc1. The third-order valence-electron chi connectivity index (χ3n) is 2.79. The first-order chi connectivity index (χ1) is 8.27. The average Bonchev–Trinajstić information content (AvgIpc) is 2.89. The molecule has 0 fully saturated rings. The molecule has 0 aliphatic rings. The van der Waals surface area contributed by atoms with Gasteiger partial charge >= 0.3 is 0 Å². The highest BCUT2D eigenvalue weighted by atomic mass is 16.3. The Labute approximate surface area is 101 Å². The molecule has 1 aromatic heterocycles. The lowest BCUT2D eigenvalue weighted by Crippen LogP contribution is -2.31. The Morgan fingerprint density at radius 3 is 2.59 bits per heavy atom. The van der Waals surface area contributed by atoms with Crippen molar-refractivity contribution in [1.82, 2.24) is 5.32 Å². The summed E-state index contributed by atoms with van der Waals surface area (Å²) in [6, 6.07) is 13.4. The summed E-state index contributed by atoms with van der Waals surface area (Å²) < 4.78 is 5.23. The molecule has 1 aromatic carbocycles. The van der Waals surface area contributed by atoms with Crippen molar-refractivity contribution in [2.45, 2.75) is 25.6 Å². The van der Waals surface area contributed by atoms with E-state index in [-0.39, 0.29) is 6.04 Å². The lowest BCUT2D eigenvalue weighted by Gasteiger charge is -2.20. The molecule has 2 N–H and O–H groups in total. The molecule has 0 spiro atoms. The van der Waals surface area contributed by atoms with Gasteiger partial charge in [0.25, 0.3) is 0 Å². The van der Waals surface area contributed by atoms with Crippen LogP contribution in [0.25, 0.3) is 0 Å². The molecule has 0 saturated heterocycles. The summed E-state index contributed by atoms with van der Waals surface area (Å²) in [6.45, 7) is 2.58. The molecule has 3 heteroatoms. The van der Waals surface area contributed by atoms with E-state index in [0.717, 1.165) is 11.3 Å². The van der Waals surface area contributed by atoms with Crippen LogP contribution in [-0.4, -0.2) is 11.1 Å². The molecule has 0 saturated carbocycles. The molecule has 2 atom stereocenters. The van der Waals surface area contributed by atoms with Gasteiger partial charge in [-0.15, -0.1) is 0 Å². The zero-order valence-electron chi connectivity index (χ0n) is 9.84. The van der Waals surface area contributed by atoms with E-state index in [2.05, 4.69) is 5.32 Å². The normalized spacial score (nSPS) is 14.5. The fourth-order valence-electron chi connectivity index (χ4n) is 1.73. The van der Waals surface area contributed by atoms with E-state index in [4.69, 9.17) is 4.42 Å². The van der Waals surface area contributed by atoms with Gasteiger partial charge in [-0.1, -0.05) is 30.3 Å². The Bertz CT molecular complexity index is 425. The Balaban J connectivity index is 1.89. The van der Waals surface area contributed by atoms with E-state index in [1.54, 1.807) is 6.26 Å². The smallest absolute Gasteiger partial charge is 0.117 e. The molecule has 0 unspecified atom stereocenters. The summed E-state index contributed by atoms with van der Waals surface area (Å²) in [5.74, 6) is 0.872. The minimum atomic E-state index is -0.508. The van der Waals surface area contributed by atoms with Crippen molar-refractivity contribution in [3.05, 3.63) is 60.1 Å². The van der Waals surface area contributed by atoms with Gasteiger partial charge in [0, 0.05) is 6.04 Å². The number of hydrogen-bond donors (Lipinski definition) is 2. The fourth-order valence-corrected chi connectivity index (χ4v) is 1.73. The molecule has 0 bridgehead atoms. The summed E-state index contributed by atoms with van der Waals surface area (Å²) in [6.07, 6.45) is 1.14. The molecule has 90 valence electrons. The highest BCUT2D eigenvalue weighted by molar-refractivity contribution is 5.18. The van der Waals surface area contributed by atoms with Crippen LogP contribution in [0.2, 0.25) is 0 Å².